The highest BCUT2D eigenvalue weighted by Gasteiger charge is 2.28. The van der Waals surface area contributed by atoms with Crippen LogP contribution >= 0.6 is 0 Å². The summed E-state index contributed by atoms with van der Waals surface area (Å²) in [6.07, 6.45) is 1.49. The van der Waals surface area contributed by atoms with Gasteiger partial charge in [-0.05, 0) is 12.1 Å². The quantitative estimate of drug-likeness (QED) is 0.716. The second-order valence-corrected chi connectivity index (χ2v) is 3.26. The average molecular weight is 184 g/mol. The molecule has 4 heteroatoms. The minimum absolute atomic E-state index is 0.164. The van der Waals surface area contributed by atoms with E-state index >= 15 is 0 Å². The number of nitrogens with zero attached hydrogens (tertiary/aromatic N) is 1. The Morgan fingerprint density at radius 3 is 2.85 bits per heavy atom. The summed E-state index contributed by atoms with van der Waals surface area (Å²) < 4.78 is 13.2. The molecular weight excluding hydrogens is 171 g/mol. The van der Waals surface area contributed by atoms with Gasteiger partial charge in [0, 0.05) is 18.2 Å². The predicted molar refractivity (Wildman–Crippen MR) is 47.7 cm³/mol. The number of rotatable bonds is 3. The van der Waals surface area contributed by atoms with Crippen molar-refractivity contribution in [1.29, 1.82) is 0 Å². The number of pyridine rings is 1. The zero-order valence-electron chi connectivity index (χ0n) is 7.50. The van der Waals surface area contributed by atoms with E-state index in [1.165, 1.54) is 18.3 Å². The molecule has 0 bridgehead atoms. The zero-order valence-corrected chi connectivity index (χ0v) is 7.50. The lowest BCUT2D eigenvalue weighted by Crippen LogP contribution is -2.37. The van der Waals surface area contributed by atoms with Gasteiger partial charge in [0.1, 0.15) is 5.82 Å². The molecule has 1 rings (SSSR count). The van der Waals surface area contributed by atoms with Crippen LogP contribution in [0.5, 0.6) is 0 Å². The SMILES string of the molecule is CC(CN)(CO)c1ncccc1F. The lowest BCUT2D eigenvalue weighted by atomic mass is 9.87. The molecule has 0 aliphatic rings. The third-order valence-electron chi connectivity index (χ3n) is 2.13. The largest absolute Gasteiger partial charge is 0.395 e. The van der Waals surface area contributed by atoms with Gasteiger partial charge in [0.2, 0.25) is 0 Å². The normalized spacial score (nSPS) is 15.4. The summed E-state index contributed by atoms with van der Waals surface area (Å²) in [6.45, 7) is 1.63. The summed E-state index contributed by atoms with van der Waals surface area (Å²) in [5.74, 6) is -0.426. The fraction of sp³-hybridized carbons (Fsp3) is 0.444. The first-order valence-corrected chi connectivity index (χ1v) is 4.06. The van der Waals surface area contributed by atoms with Crippen molar-refractivity contribution in [2.24, 2.45) is 5.73 Å². The van der Waals surface area contributed by atoms with Gasteiger partial charge in [-0.3, -0.25) is 4.98 Å². The van der Waals surface area contributed by atoms with E-state index in [1.54, 1.807) is 6.92 Å². The summed E-state index contributed by atoms with van der Waals surface area (Å²) in [7, 11) is 0. The average Bonchev–Trinajstić information content (AvgIpc) is 2.17. The molecule has 0 aromatic carbocycles. The Morgan fingerprint density at radius 1 is 1.69 bits per heavy atom. The molecule has 72 valence electrons. The van der Waals surface area contributed by atoms with E-state index in [-0.39, 0.29) is 18.8 Å². The Labute approximate surface area is 76.4 Å². The number of halogens is 1. The number of aliphatic hydroxyl groups excluding tert-OH is 1. The van der Waals surface area contributed by atoms with Gasteiger partial charge < -0.3 is 10.8 Å². The predicted octanol–water partition coefficient (Wildman–Crippen LogP) is 0.429. The second-order valence-electron chi connectivity index (χ2n) is 3.26. The van der Waals surface area contributed by atoms with Crippen molar-refractivity contribution in [2.45, 2.75) is 12.3 Å². The van der Waals surface area contributed by atoms with Gasteiger partial charge >= 0.3 is 0 Å². The molecule has 0 fully saturated rings. The molecule has 1 unspecified atom stereocenters. The van der Waals surface area contributed by atoms with Crippen molar-refractivity contribution in [1.82, 2.24) is 4.98 Å². The van der Waals surface area contributed by atoms with Crippen LogP contribution in [-0.4, -0.2) is 23.2 Å². The van der Waals surface area contributed by atoms with E-state index < -0.39 is 11.2 Å². The fourth-order valence-electron chi connectivity index (χ4n) is 1.07. The minimum atomic E-state index is -0.786. The Morgan fingerprint density at radius 2 is 2.38 bits per heavy atom. The smallest absolute Gasteiger partial charge is 0.145 e. The van der Waals surface area contributed by atoms with Gasteiger partial charge in [0.15, 0.2) is 0 Å². The van der Waals surface area contributed by atoms with Crippen LogP contribution in [0, 0.1) is 5.82 Å². The molecule has 1 aromatic rings. The fourth-order valence-corrected chi connectivity index (χ4v) is 1.07. The summed E-state index contributed by atoms with van der Waals surface area (Å²) in [6, 6.07) is 2.82. The molecule has 0 aliphatic carbocycles. The second kappa shape index (κ2) is 3.81. The number of aliphatic hydroxyl groups is 1. The molecule has 0 saturated carbocycles. The van der Waals surface area contributed by atoms with E-state index in [1.807, 2.05) is 0 Å². The maximum absolute atomic E-state index is 13.2. The molecule has 1 heterocycles. The minimum Gasteiger partial charge on any atom is -0.395 e. The van der Waals surface area contributed by atoms with Crippen LogP contribution in [0.1, 0.15) is 12.6 Å². The molecule has 0 saturated heterocycles. The van der Waals surface area contributed by atoms with Crippen LogP contribution in [0.15, 0.2) is 18.3 Å². The van der Waals surface area contributed by atoms with Gasteiger partial charge in [0.05, 0.1) is 12.3 Å². The molecule has 0 aliphatic heterocycles. The van der Waals surface area contributed by atoms with Gasteiger partial charge in [0.25, 0.3) is 0 Å². The third-order valence-corrected chi connectivity index (χ3v) is 2.13. The highest BCUT2D eigenvalue weighted by Crippen LogP contribution is 2.21. The van der Waals surface area contributed by atoms with Crippen molar-refractivity contribution < 1.29 is 9.50 Å². The first-order chi connectivity index (χ1) is 6.14. The van der Waals surface area contributed by atoms with Crippen molar-refractivity contribution in [2.75, 3.05) is 13.2 Å². The van der Waals surface area contributed by atoms with Crippen LogP contribution in [0.4, 0.5) is 4.39 Å². The Bertz CT molecular complexity index is 287. The van der Waals surface area contributed by atoms with E-state index in [0.717, 1.165) is 0 Å². The molecule has 3 nitrogen and oxygen atoms in total. The van der Waals surface area contributed by atoms with E-state index in [4.69, 9.17) is 10.8 Å². The van der Waals surface area contributed by atoms with Crippen molar-refractivity contribution in [3.63, 3.8) is 0 Å². The van der Waals surface area contributed by atoms with Crippen LogP contribution in [0.25, 0.3) is 0 Å². The maximum Gasteiger partial charge on any atom is 0.145 e. The van der Waals surface area contributed by atoms with E-state index in [9.17, 15) is 4.39 Å². The lowest BCUT2D eigenvalue weighted by Gasteiger charge is -2.24. The van der Waals surface area contributed by atoms with Gasteiger partial charge in [-0.15, -0.1) is 0 Å². The topological polar surface area (TPSA) is 59.1 Å². The Balaban J connectivity index is 3.12. The number of aromatic nitrogens is 1. The lowest BCUT2D eigenvalue weighted by molar-refractivity contribution is 0.203. The first-order valence-electron chi connectivity index (χ1n) is 4.06. The molecule has 0 radical (unpaired) electrons. The van der Waals surface area contributed by atoms with Gasteiger partial charge in [-0.1, -0.05) is 6.92 Å². The number of hydrogen-bond donors (Lipinski definition) is 2. The standard InChI is InChI=1S/C9H13FN2O/c1-9(5-11,6-13)8-7(10)3-2-4-12-8/h2-4,13H,5-6,11H2,1H3. The van der Waals surface area contributed by atoms with Crippen molar-refractivity contribution in [3.8, 4) is 0 Å². The molecule has 1 atom stereocenters. The molecule has 3 N–H and O–H groups in total. The molecule has 0 spiro atoms. The molecule has 13 heavy (non-hydrogen) atoms. The van der Waals surface area contributed by atoms with Crippen LogP contribution in [0.2, 0.25) is 0 Å². The van der Waals surface area contributed by atoms with Crippen LogP contribution in [0.3, 0.4) is 0 Å². The third kappa shape index (κ3) is 1.84. The number of hydrogen-bond acceptors (Lipinski definition) is 3. The van der Waals surface area contributed by atoms with E-state index in [2.05, 4.69) is 4.98 Å². The van der Waals surface area contributed by atoms with Crippen LogP contribution in [-0.2, 0) is 5.41 Å². The highest BCUT2D eigenvalue weighted by atomic mass is 19.1. The molecule has 1 aromatic heterocycles. The zero-order chi connectivity index (χ0) is 9.90. The molecular formula is C9H13FN2O. The summed E-state index contributed by atoms with van der Waals surface area (Å²) in [5.41, 5.74) is 4.89. The van der Waals surface area contributed by atoms with Crippen molar-refractivity contribution in [3.05, 3.63) is 29.8 Å². The van der Waals surface area contributed by atoms with Gasteiger partial charge in [-0.25, -0.2) is 4.39 Å². The van der Waals surface area contributed by atoms with Gasteiger partial charge in [-0.2, -0.15) is 0 Å². The Hall–Kier alpha value is -1.00. The maximum atomic E-state index is 13.2. The summed E-state index contributed by atoms with van der Waals surface area (Å²) >= 11 is 0. The first kappa shape index (κ1) is 10.1. The monoisotopic (exact) mass is 184 g/mol. The molecule has 0 amide bonds. The van der Waals surface area contributed by atoms with Crippen LogP contribution < -0.4 is 5.73 Å². The highest BCUT2D eigenvalue weighted by molar-refractivity contribution is 5.18. The number of nitrogens with two attached hydrogens (primary N) is 1. The van der Waals surface area contributed by atoms with Crippen molar-refractivity contribution >= 4 is 0 Å². The summed E-state index contributed by atoms with van der Waals surface area (Å²) in [4.78, 5) is 3.88. The summed E-state index contributed by atoms with van der Waals surface area (Å²) in [5, 5.41) is 9.08. The van der Waals surface area contributed by atoms with E-state index in [0.29, 0.717) is 0 Å². The Kier molecular flexibility index (Phi) is 2.95.